The van der Waals surface area contributed by atoms with Crippen LogP contribution in [0.15, 0.2) is 0 Å². The molecule has 1 heterocycles. The summed E-state index contributed by atoms with van der Waals surface area (Å²) in [5, 5.41) is 0.0988. The van der Waals surface area contributed by atoms with Gasteiger partial charge in [-0.2, -0.15) is 15.0 Å². The zero-order valence-corrected chi connectivity index (χ0v) is 10.9. The molecule has 0 aliphatic carbocycles. The second kappa shape index (κ2) is 4.60. The molecule has 1 rings (SSSR count). The fraction of sp³-hybridized carbons (Fsp3) is 0.444. The van der Waals surface area contributed by atoms with Crippen LogP contribution in [0, 0.1) is 11.5 Å². The van der Waals surface area contributed by atoms with Gasteiger partial charge in [0.25, 0.3) is 0 Å². The van der Waals surface area contributed by atoms with Crippen LogP contribution in [0.25, 0.3) is 0 Å². The zero-order chi connectivity index (χ0) is 11.5. The van der Waals surface area contributed by atoms with Gasteiger partial charge in [0.2, 0.25) is 11.1 Å². The predicted molar refractivity (Wildman–Crippen MR) is 61.6 cm³/mol. The molecule has 0 radical (unpaired) electrons. The van der Waals surface area contributed by atoms with Crippen molar-refractivity contribution in [2.45, 2.75) is 19.6 Å². The van der Waals surface area contributed by atoms with Crippen LogP contribution in [0.3, 0.4) is 0 Å². The second-order valence-electron chi connectivity index (χ2n) is 3.91. The van der Waals surface area contributed by atoms with Gasteiger partial charge in [-0.3, -0.25) is 0 Å². The molecule has 0 aliphatic heterocycles. The van der Waals surface area contributed by atoms with E-state index in [0.717, 1.165) is 0 Å². The van der Waals surface area contributed by atoms with Gasteiger partial charge >= 0.3 is 6.01 Å². The van der Waals surface area contributed by atoms with Gasteiger partial charge in [-0.1, -0.05) is 19.6 Å². The van der Waals surface area contributed by atoms with E-state index in [1.165, 1.54) is 7.11 Å². The Bertz CT molecular complexity index is 420. The molecule has 0 bridgehead atoms. The lowest BCUT2D eigenvalue weighted by atomic mass is 10.6. The van der Waals surface area contributed by atoms with Gasteiger partial charge in [0.1, 0.15) is 8.07 Å². The number of nitrogens with zero attached hydrogens (tertiary/aromatic N) is 3. The van der Waals surface area contributed by atoms with Crippen molar-refractivity contribution < 1.29 is 4.74 Å². The number of aromatic nitrogens is 3. The third kappa shape index (κ3) is 4.28. The van der Waals surface area contributed by atoms with E-state index in [1.54, 1.807) is 0 Å². The van der Waals surface area contributed by atoms with Crippen LogP contribution in [0.5, 0.6) is 6.01 Å². The molecule has 0 unspecified atom stereocenters. The Kier molecular flexibility index (Phi) is 3.66. The summed E-state index contributed by atoms with van der Waals surface area (Å²) in [6.45, 7) is 6.42. The SMILES string of the molecule is COc1nc(Cl)nc(C#C[Si](C)(C)C)n1. The molecule has 6 heteroatoms. The van der Waals surface area contributed by atoms with Gasteiger partial charge < -0.3 is 4.74 Å². The molecular formula is C9H12ClN3OSi. The molecule has 0 saturated heterocycles. The van der Waals surface area contributed by atoms with E-state index >= 15 is 0 Å². The summed E-state index contributed by atoms with van der Waals surface area (Å²) in [5.41, 5.74) is 3.14. The molecule has 0 aliphatic rings. The lowest BCUT2D eigenvalue weighted by Crippen LogP contribution is -2.16. The van der Waals surface area contributed by atoms with Crippen LogP contribution in [0.4, 0.5) is 0 Å². The molecule has 0 N–H and O–H groups in total. The number of methoxy groups -OCH3 is 1. The first-order valence-electron chi connectivity index (χ1n) is 4.39. The Morgan fingerprint density at radius 1 is 1.20 bits per heavy atom. The smallest absolute Gasteiger partial charge is 0.321 e. The van der Waals surface area contributed by atoms with Crippen molar-refractivity contribution in [3.05, 3.63) is 11.1 Å². The first-order valence-corrected chi connectivity index (χ1v) is 8.27. The van der Waals surface area contributed by atoms with Gasteiger partial charge in [0.05, 0.1) is 7.11 Å². The highest BCUT2D eigenvalue weighted by Gasteiger charge is 2.08. The monoisotopic (exact) mass is 241 g/mol. The largest absolute Gasteiger partial charge is 0.467 e. The lowest BCUT2D eigenvalue weighted by Gasteiger charge is -2.03. The Hall–Kier alpha value is -1.12. The summed E-state index contributed by atoms with van der Waals surface area (Å²) >= 11 is 5.68. The topological polar surface area (TPSA) is 47.9 Å². The average molecular weight is 242 g/mol. The van der Waals surface area contributed by atoms with Crippen LogP contribution >= 0.6 is 11.6 Å². The number of ether oxygens (including phenoxy) is 1. The minimum atomic E-state index is -1.43. The fourth-order valence-corrected chi connectivity index (χ4v) is 1.36. The fourth-order valence-electron chi connectivity index (χ4n) is 0.722. The van der Waals surface area contributed by atoms with Crippen LogP contribution in [0.1, 0.15) is 5.82 Å². The van der Waals surface area contributed by atoms with Crippen molar-refractivity contribution in [1.29, 1.82) is 0 Å². The molecule has 1 aromatic rings. The normalized spacial score (nSPS) is 10.5. The summed E-state index contributed by atoms with van der Waals surface area (Å²) < 4.78 is 4.86. The van der Waals surface area contributed by atoms with E-state index in [2.05, 4.69) is 46.1 Å². The number of hydrogen-bond donors (Lipinski definition) is 0. The highest BCUT2D eigenvalue weighted by molar-refractivity contribution is 6.83. The molecule has 0 aromatic carbocycles. The predicted octanol–water partition coefficient (Wildman–Crippen LogP) is 1.76. The highest BCUT2D eigenvalue weighted by Crippen LogP contribution is 2.07. The molecule has 1 aromatic heterocycles. The summed E-state index contributed by atoms with van der Waals surface area (Å²) in [7, 11) is 0.0432. The molecule has 0 atom stereocenters. The molecule has 4 nitrogen and oxygen atoms in total. The van der Waals surface area contributed by atoms with Crippen molar-refractivity contribution in [2.75, 3.05) is 7.11 Å². The Morgan fingerprint density at radius 2 is 1.87 bits per heavy atom. The van der Waals surface area contributed by atoms with Crippen LogP contribution in [-0.2, 0) is 0 Å². The van der Waals surface area contributed by atoms with Gasteiger partial charge in [-0.05, 0) is 17.5 Å². The molecule has 0 saturated carbocycles. The third-order valence-electron chi connectivity index (χ3n) is 1.32. The summed E-state index contributed by atoms with van der Waals surface area (Å²) in [6, 6.07) is 0.190. The van der Waals surface area contributed by atoms with Crippen molar-refractivity contribution in [1.82, 2.24) is 15.0 Å². The van der Waals surface area contributed by atoms with E-state index < -0.39 is 8.07 Å². The van der Waals surface area contributed by atoms with E-state index in [-0.39, 0.29) is 11.3 Å². The molecule has 0 amide bonds. The van der Waals surface area contributed by atoms with Crippen molar-refractivity contribution >= 4 is 19.7 Å². The van der Waals surface area contributed by atoms with Gasteiger partial charge in [-0.25, -0.2) is 0 Å². The van der Waals surface area contributed by atoms with Gasteiger partial charge in [0.15, 0.2) is 0 Å². The maximum atomic E-state index is 5.68. The summed E-state index contributed by atoms with van der Waals surface area (Å²) in [5.74, 6) is 3.24. The molecule has 15 heavy (non-hydrogen) atoms. The van der Waals surface area contributed by atoms with Crippen molar-refractivity contribution in [3.8, 4) is 17.5 Å². The van der Waals surface area contributed by atoms with Crippen molar-refractivity contribution in [2.24, 2.45) is 0 Å². The molecule has 80 valence electrons. The van der Waals surface area contributed by atoms with E-state index in [9.17, 15) is 0 Å². The standard InChI is InChI=1S/C9H12ClN3OSi/c1-14-9-12-7(11-8(10)13-9)5-6-15(2,3)4/h1-4H3. The minimum absolute atomic E-state index is 0.0988. The van der Waals surface area contributed by atoms with Gasteiger partial charge in [-0.15, -0.1) is 5.54 Å². The highest BCUT2D eigenvalue weighted by atomic mass is 35.5. The molecular weight excluding hydrogens is 230 g/mol. The first kappa shape index (κ1) is 11.9. The summed E-state index contributed by atoms with van der Waals surface area (Å²) in [4.78, 5) is 11.6. The average Bonchev–Trinajstić information content (AvgIpc) is 2.13. The lowest BCUT2D eigenvalue weighted by molar-refractivity contribution is 0.377. The van der Waals surface area contributed by atoms with E-state index in [0.29, 0.717) is 5.82 Å². The Balaban J connectivity index is 3.04. The number of rotatable bonds is 1. The van der Waals surface area contributed by atoms with E-state index in [1.807, 2.05) is 0 Å². The van der Waals surface area contributed by atoms with Crippen LogP contribution < -0.4 is 4.74 Å². The minimum Gasteiger partial charge on any atom is -0.467 e. The van der Waals surface area contributed by atoms with Crippen LogP contribution in [0.2, 0.25) is 24.9 Å². The number of hydrogen-bond acceptors (Lipinski definition) is 4. The maximum absolute atomic E-state index is 5.68. The van der Waals surface area contributed by atoms with Gasteiger partial charge in [0, 0.05) is 0 Å². The Labute approximate surface area is 95.1 Å². The quantitative estimate of drug-likeness (QED) is 0.555. The first-order chi connectivity index (χ1) is 6.90. The number of halogens is 1. The zero-order valence-electron chi connectivity index (χ0n) is 9.13. The summed E-state index contributed by atoms with van der Waals surface area (Å²) in [6.07, 6.45) is 0. The van der Waals surface area contributed by atoms with Crippen molar-refractivity contribution in [3.63, 3.8) is 0 Å². The second-order valence-corrected chi connectivity index (χ2v) is 9.00. The Morgan fingerprint density at radius 3 is 2.40 bits per heavy atom. The molecule has 0 fully saturated rings. The van der Waals surface area contributed by atoms with E-state index in [4.69, 9.17) is 16.3 Å². The van der Waals surface area contributed by atoms with Crippen LogP contribution in [-0.4, -0.2) is 30.1 Å². The third-order valence-corrected chi connectivity index (χ3v) is 2.36. The molecule has 0 spiro atoms. The maximum Gasteiger partial charge on any atom is 0.321 e.